The summed E-state index contributed by atoms with van der Waals surface area (Å²) in [5.74, 6) is 0. The molecule has 0 saturated heterocycles. The maximum absolute atomic E-state index is 4.66. The summed E-state index contributed by atoms with van der Waals surface area (Å²) in [5, 5.41) is 0. The highest BCUT2D eigenvalue weighted by Crippen LogP contribution is 2.52. The van der Waals surface area contributed by atoms with Gasteiger partial charge in [-0.1, -0.05) is 11.3 Å². The van der Waals surface area contributed by atoms with E-state index in [1.54, 1.807) is 0 Å². The Kier molecular flexibility index (Phi) is 1.24. The van der Waals surface area contributed by atoms with E-state index in [4.69, 9.17) is 0 Å². The molecule has 0 aliphatic carbocycles. The Morgan fingerprint density at radius 2 is 2.38 bits per heavy atom. The van der Waals surface area contributed by atoms with Crippen molar-refractivity contribution in [3.8, 4) is 0 Å². The quantitative estimate of drug-likeness (QED) is 0.578. The average Bonchev–Trinajstić information content (AvgIpc) is 2.57. The Hall–Kier alpha value is -0.870. The molecule has 13 heavy (non-hydrogen) atoms. The lowest BCUT2D eigenvalue weighted by Gasteiger charge is -2.26. The molecule has 3 heterocycles. The molecule has 2 aliphatic heterocycles. The molecular weight excluding hydrogens is 182 g/mol. The number of rotatable bonds is 0. The molecule has 66 valence electrons. The molecule has 0 amide bonds. The summed E-state index contributed by atoms with van der Waals surface area (Å²) < 4.78 is 9.17. The first-order chi connectivity index (χ1) is 6.22. The number of hydrogen-bond donors (Lipinski definition) is 0. The molecular formula is C9H9N3S. The van der Waals surface area contributed by atoms with Crippen LogP contribution in [0.3, 0.4) is 0 Å². The van der Waals surface area contributed by atoms with Gasteiger partial charge < -0.3 is 4.72 Å². The lowest BCUT2D eigenvalue weighted by molar-refractivity contribution is 0.792. The summed E-state index contributed by atoms with van der Waals surface area (Å²) in [4.78, 5) is 5.31. The molecule has 3 rings (SSSR count). The molecule has 0 spiro atoms. The maximum Gasteiger partial charge on any atom is 0.191 e. The second-order valence-electron chi connectivity index (χ2n) is 3.48. The summed E-state index contributed by atoms with van der Waals surface area (Å²) in [6.07, 6.45) is 3.72. The van der Waals surface area contributed by atoms with Crippen LogP contribution in [0.15, 0.2) is 27.8 Å². The normalized spacial score (nSPS) is 34.6. The van der Waals surface area contributed by atoms with Crippen LogP contribution in [0.1, 0.15) is 19.4 Å². The highest BCUT2D eigenvalue weighted by Gasteiger charge is 2.46. The molecule has 2 bridgehead atoms. The Morgan fingerprint density at radius 3 is 3.23 bits per heavy atom. The van der Waals surface area contributed by atoms with Gasteiger partial charge in [-0.25, -0.2) is 0 Å². The molecule has 1 aromatic rings. The van der Waals surface area contributed by atoms with Crippen molar-refractivity contribution in [3.05, 3.63) is 28.7 Å². The Morgan fingerprint density at radius 1 is 1.54 bits per heavy atom. The fourth-order valence-corrected chi connectivity index (χ4v) is 3.62. The average molecular weight is 191 g/mol. The first-order valence-electron chi connectivity index (χ1n) is 4.19. The van der Waals surface area contributed by atoms with Gasteiger partial charge in [-0.05, 0) is 18.5 Å². The summed E-state index contributed by atoms with van der Waals surface area (Å²) in [6, 6.07) is 2.06. The van der Waals surface area contributed by atoms with Crippen molar-refractivity contribution in [3.63, 3.8) is 0 Å². The molecule has 0 aromatic carbocycles. The van der Waals surface area contributed by atoms with Gasteiger partial charge in [0.15, 0.2) is 4.90 Å². The third-order valence-corrected chi connectivity index (χ3v) is 4.41. The SMILES string of the molecule is CC1=N[S+]2[N-]C1(C)c1ccncc12. The van der Waals surface area contributed by atoms with Gasteiger partial charge in [0.2, 0.25) is 0 Å². The lowest BCUT2D eigenvalue weighted by Crippen LogP contribution is -2.24. The van der Waals surface area contributed by atoms with Crippen LogP contribution in [0.2, 0.25) is 0 Å². The first-order valence-corrected chi connectivity index (χ1v) is 5.33. The molecule has 2 unspecified atom stereocenters. The molecule has 0 fully saturated rings. The van der Waals surface area contributed by atoms with Gasteiger partial charge in [-0.15, -0.1) is 0 Å². The van der Waals surface area contributed by atoms with Crippen LogP contribution in [0.5, 0.6) is 0 Å². The fraction of sp³-hybridized carbons (Fsp3) is 0.333. The van der Waals surface area contributed by atoms with Crippen LogP contribution in [-0.2, 0) is 16.8 Å². The predicted octanol–water partition coefficient (Wildman–Crippen LogP) is 1.97. The largest absolute Gasteiger partial charge is 0.381 e. The van der Waals surface area contributed by atoms with Gasteiger partial charge in [-0.2, -0.15) is 0 Å². The van der Waals surface area contributed by atoms with Crippen molar-refractivity contribution in [1.82, 2.24) is 4.98 Å². The summed E-state index contributed by atoms with van der Waals surface area (Å²) >= 11 is -0.254. The van der Waals surface area contributed by atoms with Crippen LogP contribution in [0.4, 0.5) is 0 Å². The molecule has 1 aromatic heterocycles. The van der Waals surface area contributed by atoms with E-state index in [9.17, 15) is 0 Å². The van der Waals surface area contributed by atoms with E-state index in [1.807, 2.05) is 12.4 Å². The summed E-state index contributed by atoms with van der Waals surface area (Å²) in [5.41, 5.74) is 2.27. The van der Waals surface area contributed by atoms with Gasteiger partial charge in [0.1, 0.15) is 0 Å². The molecule has 0 N–H and O–H groups in total. The summed E-state index contributed by atoms with van der Waals surface area (Å²) in [7, 11) is 0. The molecule has 4 heteroatoms. The second kappa shape index (κ2) is 2.13. The van der Waals surface area contributed by atoms with E-state index >= 15 is 0 Å². The number of pyridine rings is 1. The maximum atomic E-state index is 4.66. The van der Waals surface area contributed by atoms with Crippen molar-refractivity contribution in [2.24, 2.45) is 4.40 Å². The minimum Gasteiger partial charge on any atom is -0.381 e. The smallest absolute Gasteiger partial charge is 0.191 e. The highest BCUT2D eigenvalue weighted by molar-refractivity contribution is 7.99. The number of fused-ring (bicyclic) bond motifs is 5. The van der Waals surface area contributed by atoms with Gasteiger partial charge in [0.25, 0.3) is 0 Å². The molecule has 2 atom stereocenters. The van der Waals surface area contributed by atoms with Crippen molar-refractivity contribution in [2.45, 2.75) is 24.3 Å². The Labute approximate surface area is 79.9 Å². The number of nitrogens with zero attached hydrogens (tertiary/aromatic N) is 3. The first kappa shape index (κ1) is 7.53. The number of aromatic nitrogens is 1. The van der Waals surface area contributed by atoms with Crippen LogP contribution < -0.4 is 0 Å². The number of hydrogen-bond acceptors (Lipinski definition) is 2. The third-order valence-electron chi connectivity index (χ3n) is 2.70. The molecule has 0 radical (unpaired) electrons. The highest BCUT2D eigenvalue weighted by atomic mass is 32.2. The van der Waals surface area contributed by atoms with Gasteiger partial charge in [-0.3, -0.25) is 4.98 Å². The molecule has 2 aliphatic rings. The van der Waals surface area contributed by atoms with Crippen molar-refractivity contribution in [2.75, 3.05) is 0 Å². The standard InChI is InChI=1S/C9H9N3S/c1-6-9(2)7-3-4-10-5-8(7)13(11-6)12-9/h3-5H,1-2H3. The van der Waals surface area contributed by atoms with E-state index in [0.717, 1.165) is 5.71 Å². The van der Waals surface area contributed by atoms with Crippen LogP contribution >= 0.6 is 0 Å². The molecule has 3 nitrogen and oxygen atoms in total. The monoisotopic (exact) mass is 191 g/mol. The Balaban J connectivity index is 2.30. The van der Waals surface area contributed by atoms with Gasteiger partial charge in [0.05, 0.1) is 23.2 Å². The zero-order valence-electron chi connectivity index (χ0n) is 7.48. The fourth-order valence-electron chi connectivity index (χ4n) is 1.75. The molecule has 0 saturated carbocycles. The van der Waals surface area contributed by atoms with Crippen LogP contribution in [-0.4, -0.2) is 10.7 Å². The summed E-state index contributed by atoms with van der Waals surface area (Å²) in [6.45, 7) is 4.19. The second-order valence-corrected chi connectivity index (χ2v) is 4.81. The van der Waals surface area contributed by atoms with Crippen molar-refractivity contribution < 1.29 is 0 Å². The van der Waals surface area contributed by atoms with Crippen molar-refractivity contribution in [1.29, 1.82) is 0 Å². The minimum atomic E-state index is -0.254. The minimum absolute atomic E-state index is 0.151. The van der Waals surface area contributed by atoms with E-state index in [-0.39, 0.29) is 16.8 Å². The van der Waals surface area contributed by atoms with Crippen LogP contribution in [0.25, 0.3) is 4.72 Å². The van der Waals surface area contributed by atoms with E-state index in [0.29, 0.717) is 0 Å². The topological polar surface area (TPSA) is 39.4 Å². The zero-order chi connectivity index (χ0) is 9.05. The van der Waals surface area contributed by atoms with E-state index in [2.05, 4.69) is 34.0 Å². The lowest BCUT2D eigenvalue weighted by atomic mass is 9.90. The van der Waals surface area contributed by atoms with E-state index in [1.165, 1.54) is 10.5 Å². The van der Waals surface area contributed by atoms with Crippen LogP contribution in [0, 0.1) is 0 Å². The van der Waals surface area contributed by atoms with Gasteiger partial charge >= 0.3 is 0 Å². The Bertz CT molecular complexity index is 415. The zero-order valence-corrected chi connectivity index (χ0v) is 8.30. The van der Waals surface area contributed by atoms with Crippen molar-refractivity contribution >= 4 is 17.0 Å². The predicted molar refractivity (Wildman–Crippen MR) is 53.7 cm³/mol. The third kappa shape index (κ3) is 0.752. The van der Waals surface area contributed by atoms with Gasteiger partial charge in [0, 0.05) is 11.8 Å². The van der Waals surface area contributed by atoms with E-state index < -0.39 is 0 Å².